The highest BCUT2D eigenvalue weighted by atomic mass is 16.4. The average Bonchev–Trinajstić information content (AvgIpc) is 2.72. The highest BCUT2D eigenvalue weighted by Crippen LogP contribution is 2.20. The van der Waals surface area contributed by atoms with Crippen LogP contribution in [0.25, 0.3) is 0 Å². The van der Waals surface area contributed by atoms with Crippen LogP contribution in [0.5, 0.6) is 0 Å². The van der Waals surface area contributed by atoms with Crippen LogP contribution in [0.3, 0.4) is 0 Å². The van der Waals surface area contributed by atoms with Gasteiger partial charge in [0.15, 0.2) is 0 Å². The minimum Gasteiger partial charge on any atom is -0.480 e. The van der Waals surface area contributed by atoms with Crippen molar-refractivity contribution in [1.82, 2.24) is 16.0 Å². The lowest BCUT2D eigenvalue weighted by atomic mass is 9.90. The number of carbonyl (C=O) groups excluding carboxylic acids is 3. The maximum absolute atomic E-state index is 11.7. The van der Waals surface area contributed by atoms with E-state index in [2.05, 4.69) is 22.5 Å². The molecule has 12 heteroatoms. The molecule has 0 aromatic carbocycles. The molecule has 0 aliphatic heterocycles. The molecule has 0 spiro atoms. The molecule has 0 aromatic rings. The number of aliphatic carboxylic acids is 3. The second kappa shape index (κ2) is 17.3. The first-order valence-electron chi connectivity index (χ1n) is 9.91. The summed E-state index contributed by atoms with van der Waals surface area (Å²) < 4.78 is 0. The molecule has 0 saturated carbocycles. The Morgan fingerprint density at radius 3 is 1.53 bits per heavy atom. The Hall–Kier alpha value is -3.44. The van der Waals surface area contributed by atoms with Gasteiger partial charge in [0.1, 0.15) is 19.6 Å². The number of rotatable bonds is 14. The highest BCUT2D eigenvalue weighted by Gasteiger charge is 2.19. The van der Waals surface area contributed by atoms with Crippen molar-refractivity contribution in [2.45, 2.75) is 40.0 Å². The van der Waals surface area contributed by atoms with Gasteiger partial charge < -0.3 is 31.3 Å². The predicted molar refractivity (Wildman–Crippen MR) is 113 cm³/mol. The number of nitrogens with one attached hydrogen (secondary N) is 3. The summed E-state index contributed by atoms with van der Waals surface area (Å²) in [6.45, 7) is 7.42. The highest BCUT2D eigenvalue weighted by molar-refractivity contribution is 5.89. The quantitative estimate of drug-likeness (QED) is 0.191. The van der Waals surface area contributed by atoms with E-state index in [9.17, 15) is 28.8 Å². The third-order valence-electron chi connectivity index (χ3n) is 4.17. The van der Waals surface area contributed by atoms with Gasteiger partial charge in [-0.1, -0.05) is 27.4 Å². The van der Waals surface area contributed by atoms with Crippen LogP contribution >= 0.6 is 0 Å². The molecule has 0 fully saturated rings. The van der Waals surface area contributed by atoms with E-state index >= 15 is 0 Å². The molecule has 32 heavy (non-hydrogen) atoms. The van der Waals surface area contributed by atoms with Gasteiger partial charge in [0.25, 0.3) is 0 Å². The molecule has 0 saturated heterocycles. The topological polar surface area (TPSA) is 199 Å². The largest absolute Gasteiger partial charge is 0.480 e. The molecule has 0 radical (unpaired) electrons. The van der Waals surface area contributed by atoms with Crippen LogP contribution in [-0.4, -0.2) is 70.6 Å². The Balaban J connectivity index is 0. The fourth-order valence-electron chi connectivity index (χ4n) is 2.40. The lowest BCUT2D eigenvalue weighted by molar-refractivity contribution is -0.138. The van der Waals surface area contributed by atoms with Crippen LogP contribution in [0, 0.1) is 17.8 Å². The van der Waals surface area contributed by atoms with Crippen LogP contribution in [0.15, 0.2) is 12.7 Å². The lowest BCUT2D eigenvalue weighted by Crippen LogP contribution is -2.34. The summed E-state index contributed by atoms with van der Waals surface area (Å²) in [7, 11) is 0. The Bertz CT molecular complexity index is 679. The van der Waals surface area contributed by atoms with E-state index in [1.807, 2.05) is 6.92 Å². The summed E-state index contributed by atoms with van der Waals surface area (Å²) in [6.07, 6.45) is 2.92. The van der Waals surface area contributed by atoms with Crippen molar-refractivity contribution in [2.24, 2.45) is 17.8 Å². The molecule has 3 amide bonds. The van der Waals surface area contributed by atoms with E-state index in [0.717, 1.165) is 12.5 Å². The van der Waals surface area contributed by atoms with Crippen molar-refractivity contribution in [1.29, 1.82) is 0 Å². The van der Waals surface area contributed by atoms with Crippen LogP contribution in [-0.2, 0) is 28.8 Å². The van der Waals surface area contributed by atoms with Crippen LogP contribution < -0.4 is 16.0 Å². The maximum Gasteiger partial charge on any atom is 0.322 e. The summed E-state index contributed by atoms with van der Waals surface area (Å²) in [5.74, 6) is -4.72. The maximum atomic E-state index is 11.7. The first-order valence-corrected chi connectivity index (χ1v) is 9.91. The lowest BCUT2D eigenvalue weighted by Gasteiger charge is -2.18. The van der Waals surface area contributed by atoms with E-state index in [4.69, 9.17) is 15.3 Å². The second-order valence-corrected chi connectivity index (χ2v) is 7.26. The van der Waals surface area contributed by atoms with Crippen molar-refractivity contribution in [3.8, 4) is 0 Å². The summed E-state index contributed by atoms with van der Waals surface area (Å²) in [5, 5.41) is 31.8. The smallest absolute Gasteiger partial charge is 0.322 e. The van der Waals surface area contributed by atoms with Gasteiger partial charge in [0.2, 0.25) is 17.7 Å². The summed E-state index contributed by atoms with van der Waals surface area (Å²) in [4.78, 5) is 64.1. The summed E-state index contributed by atoms with van der Waals surface area (Å²) in [6, 6.07) is 0. The van der Waals surface area contributed by atoms with Gasteiger partial charge in [0, 0.05) is 11.8 Å². The van der Waals surface area contributed by atoms with Crippen molar-refractivity contribution in [2.75, 3.05) is 19.6 Å². The zero-order chi connectivity index (χ0) is 25.3. The van der Waals surface area contributed by atoms with E-state index in [1.165, 1.54) is 0 Å². The fourth-order valence-corrected chi connectivity index (χ4v) is 2.40. The first kappa shape index (κ1) is 30.8. The number of carboxylic acids is 3. The van der Waals surface area contributed by atoms with Crippen LogP contribution in [0.2, 0.25) is 0 Å². The van der Waals surface area contributed by atoms with Crippen molar-refractivity contribution >= 4 is 35.6 Å². The summed E-state index contributed by atoms with van der Waals surface area (Å²) in [5.41, 5.74) is 0. The van der Waals surface area contributed by atoms with Crippen molar-refractivity contribution < 1.29 is 44.1 Å². The van der Waals surface area contributed by atoms with E-state index in [1.54, 1.807) is 13.8 Å². The molecule has 3 atom stereocenters. The molecule has 182 valence electrons. The third-order valence-corrected chi connectivity index (χ3v) is 4.17. The van der Waals surface area contributed by atoms with Gasteiger partial charge in [-0.2, -0.15) is 0 Å². The third kappa shape index (κ3) is 18.6. The molecule has 12 nitrogen and oxygen atoms in total. The second-order valence-electron chi connectivity index (χ2n) is 7.26. The minimum atomic E-state index is -1.08. The number of amides is 3. The zero-order valence-corrected chi connectivity index (χ0v) is 18.6. The zero-order valence-electron chi connectivity index (χ0n) is 18.6. The molecule has 0 heterocycles. The van der Waals surface area contributed by atoms with E-state index in [0.29, 0.717) is 12.8 Å². The van der Waals surface area contributed by atoms with Crippen molar-refractivity contribution in [3.05, 3.63) is 12.7 Å². The molecule has 3 unspecified atom stereocenters. The molecule has 0 aliphatic rings. The van der Waals surface area contributed by atoms with Gasteiger partial charge in [-0.3, -0.25) is 28.8 Å². The van der Waals surface area contributed by atoms with E-state index in [-0.39, 0.29) is 42.7 Å². The Morgan fingerprint density at radius 1 is 0.719 bits per heavy atom. The number of carboxylic acid groups (broad SMARTS) is 3. The minimum absolute atomic E-state index is 0.190. The molecular weight excluding hydrogens is 426 g/mol. The monoisotopic (exact) mass is 459 g/mol. The van der Waals surface area contributed by atoms with Gasteiger partial charge >= 0.3 is 17.9 Å². The van der Waals surface area contributed by atoms with Gasteiger partial charge in [-0.15, -0.1) is 0 Å². The van der Waals surface area contributed by atoms with Crippen LogP contribution in [0.4, 0.5) is 0 Å². The molecule has 0 bridgehead atoms. The molecule has 0 aromatic heterocycles. The molecule has 6 N–H and O–H groups in total. The Kier molecular flexibility index (Phi) is 16.6. The standard InChI is InChI=1S/C15H26N2O6.C5H7NO3/c1-9(6-11(3)15(23)17-8-13(20)21)4-5-10(2)14(22)16-7-12(18)19;1-2-4(7)6-3-5(8)9/h9-11H,4-8H2,1-3H3,(H,16,22)(H,17,23)(H,18,19)(H,20,21);2H,1,3H2,(H,6,7)(H,8,9). The van der Waals surface area contributed by atoms with Crippen LogP contribution in [0.1, 0.15) is 40.0 Å². The molecule has 0 rings (SSSR count). The molecule has 0 aliphatic carbocycles. The summed E-state index contributed by atoms with van der Waals surface area (Å²) >= 11 is 0. The first-order chi connectivity index (χ1) is 14.8. The number of hydrogen-bond donors (Lipinski definition) is 6. The number of hydrogen-bond acceptors (Lipinski definition) is 6. The average molecular weight is 459 g/mol. The fraction of sp³-hybridized carbons (Fsp3) is 0.600. The van der Waals surface area contributed by atoms with Gasteiger partial charge in [-0.05, 0) is 31.3 Å². The van der Waals surface area contributed by atoms with Gasteiger partial charge in [-0.25, -0.2) is 0 Å². The normalized spacial score (nSPS) is 12.6. The van der Waals surface area contributed by atoms with Crippen molar-refractivity contribution in [3.63, 3.8) is 0 Å². The van der Waals surface area contributed by atoms with E-state index < -0.39 is 30.4 Å². The van der Waals surface area contributed by atoms with Gasteiger partial charge in [0.05, 0.1) is 0 Å². The number of carbonyl (C=O) groups is 6. The molecular formula is C20H33N3O9. The predicted octanol–water partition coefficient (Wildman–Crippen LogP) is -0.160. The Labute approximate surface area is 186 Å². The SMILES string of the molecule is C=CC(=O)NCC(=O)O.CC(CCC(C)C(=O)NCC(=O)O)CC(C)C(=O)NCC(=O)O. The Morgan fingerprint density at radius 2 is 1.12 bits per heavy atom.